The molecule has 1 rings (SSSR count). The maximum absolute atomic E-state index is 5.99. The Bertz CT molecular complexity index is 329. The number of methoxy groups -OCH3 is 2. The largest absolute Gasteiger partial charge is 0.496 e. The highest BCUT2D eigenvalue weighted by Crippen LogP contribution is 2.32. The van der Waals surface area contributed by atoms with E-state index in [1.54, 1.807) is 20.3 Å². The average molecular weight is 247 g/mol. The van der Waals surface area contributed by atoms with E-state index in [1.807, 2.05) is 6.07 Å². The van der Waals surface area contributed by atoms with Gasteiger partial charge in [0.05, 0.1) is 19.2 Å². The second kappa shape index (κ2) is 6.13. The summed E-state index contributed by atoms with van der Waals surface area (Å²) in [5.74, 6) is 2.35. The molecule has 0 unspecified atom stereocenters. The fourth-order valence-corrected chi connectivity index (χ4v) is 1.78. The van der Waals surface area contributed by atoms with E-state index in [-0.39, 0.29) is 0 Å². The summed E-state index contributed by atoms with van der Waals surface area (Å²) < 4.78 is 10.4. The molecule has 15 heavy (non-hydrogen) atoms. The summed E-state index contributed by atoms with van der Waals surface area (Å²) in [5.41, 5.74) is 1.10. The van der Waals surface area contributed by atoms with Crippen LogP contribution >= 0.6 is 24.2 Å². The van der Waals surface area contributed by atoms with Gasteiger partial charge in [-0.05, 0) is 30.2 Å². The minimum absolute atomic E-state index is 0.573. The predicted octanol–water partition coefficient (Wildman–Crippen LogP) is 3.22. The molecular weight excluding hydrogens is 232 g/mol. The Morgan fingerprint density at radius 2 is 1.87 bits per heavy atom. The highest BCUT2D eigenvalue weighted by Gasteiger charge is 2.09. The smallest absolute Gasteiger partial charge is 0.137 e. The molecule has 0 heterocycles. The van der Waals surface area contributed by atoms with E-state index in [1.165, 1.54) is 0 Å². The van der Waals surface area contributed by atoms with Gasteiger partial charge in [0.1, 0.15) is 11.5 Å². The van der Waals surface area contributed by atoms with Crippen LogP contribution in [0.25, 0.3) is 0 Å². The van der Waals surface area contributed by atoms with Gasteiger partial charge in [-0.1, -0.05) is 11.6 Å². The Labute approximate surface area is 101 Å². The number of ether oxygens (including phenoxy) is 2. The van der Waals surface area contributed by atoms with Crippen molar-refractivity contribution >= 4 is 24.2 Å². The minimum atomic E-state index is 0.573. The second-order valence-corrected chi connectivity index (χ2v) is 3.98. The fourth-order valence-electron chi connectivity index (χ4n) is 1.39. The summed E-state index contributed by atoms with van der Waals surface area (Å²) in [6.07, 6.45) is 1.92. The maximum Gasteiger partial charge on any atom is 0.137 e. The summed E-state index contributed by atoms with van der Waals surface area (Å²) in [6, 6.07) is 3.71. The summed E-state index contributed by atoms with van der Waals surface area (Å²) in [7, 11) is 3.25. The minimum Gasteiger partial charge on any atom is -0.496 e. The van der Waals surface area contributed by atoms with E-state index >= 15 is 0 Å². The molecule has 0 aliphatic carbocycles. The molecule has 1 aromatic carbocycles. The van der Waals surface area contributed by atoms with Crippen molar-refractivity contribution in [1.82, 2.24) is 0 Å². The Morgan fingerprint density at radius 1 is 1.20 bits per heavy atom. The van der Waals surface area contributed by atoms with Gasteiger partial charge in [0.15, 0.2) is 0 Å². The molecule has 84 valence electrons. The number of hydrogen-bond donors (Lipinski definition) is 1. The zero-order valence-corrected chi connectivity index (χ0v) is 10.6. The van der Waals surface area contributed by atoms with Crippen molar-refractivity contribution in [1.29, 1.82) is 0 Å². The third-order valence-electron chi connectivity index (χ3n) is 2.16. The number of hydrogen-bond acceptors (Lipinski definition) is 3. The van der Waals surface area contributed by atoms with E-state index in [4.69, 9.17) is 21.1 Å². The van der Waals surface area contributed by atoms with Crippen LogP contribution in [0.4, 0.5) is 0 Å². The van der Waals surface area contributed by atoms with E-state index in [0.29, 0.717) is 10.8 Å². The Kier molecular flexibility index (Phi) is 5.12. The van der Waals surface area contributed by atoms with Crippen molar-refractivity contribution in [3.63, 3.8) is 0 Å². The van der Waals surface area contributed by atoms with Gasteiger partial charge in [0.25, 0.3) is 0 Å². The lowest BCUT2D eigenvalue weighted by Gasteiger charge is -2.11. The zero-order chi connectivity index (χ0) is 11.3. The highest BCUT2D eigenvalue weighted by atomic mass is 35.5. The molecule has 2 nitrogen and oxygen atoms in total. The lowest BCUT2D eigenvalue weighted by molar-refractivity contribution is 0.398. The van der Waals surface area contributed by atoms with Crippen LogP contribution in [0.1, 0.15) is 12.0 Å². The van der Waals surface area contributed by atoms with Crippen molar-refractivity contribution in [3.8, 4) is 11.5 Å². The van der Waals surface area contributed by atoms with E-state index in [9.17, 15) is 0 Å². The van der Waals surface area contributed by atoms with Gasteiger partial charge in [0, 0.05) is 6.07 Å². The summed E-state index contributed by atoms with van der Waals surface area (Å²) in [5, 5.41) is 0.573. The van der Waals surface area contributed by atoms with Gasteiger partial charge in [0.2, 0.25) is 0 Å². The molecule has 0 saturated carbocycles. The standard InChI is InChI=1S/C11H15ClO2S/c1-13-10-7-9(12)11(14-2)6-8(10)4-3-5-15/h6-7,15H,3-5H2,1-2H3. The number of halogens is 1. The van der Waals surface area contributed by atoms with Crippen LogP contribution in [0.2, 0.25) is 5.02 Å². The van der Waals surface area contributed by atoms with Gasteiger partial charge in [-0.15, -0.1) is 0 Å². The van der Waals surface area contributed by atoms with Gasteiger partial charge >= 0.3 is 0 Å². The van der Waals surface area contributed by atoms with Gasteiger partial charge in [-0.3, -0.25) is 0 Å². The molecule has 0 aliphatic heterocycles. The van der Waals surface area contributed by atoms with Crippen LogP contribution in [0.5, 0.6) is 11.5 Å². The average Bonchev–Trinajstić information content (AvgIpc) is 2.26. The van der Waals surface area contributed by atoms with Crippen LogP contribution in [0.3, 0.4) is 0 Å². The number of aryl methyl sites for hydroxylation is 1. The molecule has 1 aromatic rings. The Balaban J connectivity index is 2.99. The quantitative estimate of drug-likeness (QED) is 0.805. The van der Waals surface area contributed by atoms with E-state index in [0.717, 1.165) is 29.9 Å². The van der Waals surface area contributed by atoms with Crippen LogP contribution < -0.4 is 9.47 Å². The van der Waals surface area contributed by atoms with Crippen LogP contribution in [0, 0.1) is 0 Å². The topological polar surface area (TPSA) is 18.5 Å². The number of benzene rings is 1. The zero-order valence-electron chi connectivity index (χ0n) is 8.92. The molecule has 4 heteroatoms. The Hall–Kier alpha value is -0.540. The maximum atomic E-state index is 5.99. The van der Waals surface area contributed by atoms with Crippen molar-refractivity contribution in [2.75, 3.05) is 20.0 Å². The molecule has 0 aromatic heterocycles. The molecule has 0 bridgehead atoms. The third-order valence-corrected chi connectivity index (χ3v) is 2.77. The van der Waals surface area contributed by atoms with Gasteiger partial charge < -0.3 is 9.47 Å². The van der Waals surface area contributed by atoms with Crippen molar-refractivity contribution in [2.24, 2.45) is 0 Å². The normalized spacial score (nSPS) is 10.1. The number of rotatable bonds is 5. The summed E-state index contributed by atoms with van der Waals surface area (Å²) in [4.78, 5) is 0. The SMILES string of the molecule is COc1cc(CCCS)c(OC)cc1Cl. The van der Waals surface area contributed by atoms with Crippen molar-refractivity contribution < 1.29 is 9.47 Å². The first-order chi connectivity index (χ1) is 7.22. The molecule has 0 aliphatic rings. The second-order valence-electron chi connectivity index (χ2n) is 3.13. The summed E-state index contributed by atoms with van der Waals surface area (Å²) in [6.45, 7) is 0. The highest BCUT2D eigenvalue weighted by molar-refractivity contribution is 7.80. The van der Waals surface area contributed by atoms with Crippen molar-refractivity contribution in [3.05, 3.63) is 22.7 Å². The van der Waals surface area contributed by atoms with Gasteiger partial charge in [-0.2, -0.15) is 12.6 Å². The molecule has 0 amide bonds. The molecule has 0 radical (unpaired) electrons. The van der Waals surface area contributed by atoms with E-state index < -0.39 is 0 Å². The monoisotopic (exact) mass is 246 g/mol. The third kappa shape index (κ3) is 3.21. The molecule has 0 fully saturated rings. The Morgan fingerprint density at radius 3 is 2.40 bits per heavy atom. The first-order valence-corrected chi connectivity index (χ1v) is 5.75. The predicted molar refractivity (Wildman–Crippen MR) is 66.7 cm³/mol. The van der Waals surface area contributed by atoms with Crippen LogP contribution in [-0.2, 0) is 6.42 Å². The molecular formula is C11H15ClO2S. The van der Waals surface area contributed by atoms with Gasteiger partial charge in [-0.25, -0.2) is 0 Å². The summed E-state index contributed by atoms with van der Waals surface area (Å²) >= 11 is 10.2. The fraction of sp³-hybridized carbons (Fsp3) is 0.455. The van der Waals surface area contributed by atoms with Crippen LogP contribution in [-0.4, -0.2) is 20.0 Å². The molecule has 0 atom stereocenters. The van der Waals surface area contributed by atoms with Crippen molar-refractivity contribution in [2.45, 2.75) is 12.8 Å². The molecule has 0 spiro atoms. The van der Waals surface area contributed by atoms with Crippen LogP contribution in [0.15, 0.2) is 12.1 Å². The van der Waals surface area contributed by atoms with E-state index in [2.05, 4.69) is 12.6 Å². The lowest BCUT2D eigenvalue weighted by atomic mass is 10.1. The first-order valence-electron chi connectivity index (χ1n) is 4.74. The molecule has 0 N–H and O–H groups in total. The first kappa shape index (κ1) is 12.5. The number of thiol groups is 1. The lowest BCUT2D eigenvalue weighted by Crippen LogP contribution is -1.95. The molecule has 0 saturated heterocycles.